The van der Waals surface area contributed by atoms with Crippen molar-refractivity contribution in [3.8, 4) is 0 Å². The highest BCUT2D eigenvalue weighted by molar-refractivity contribution is 14.0. The highest BCUT2D eigenvalue weighted by Gasteiger charge is 2.38. The van der Waals surface area contributed by atoms with Crippen molar-refractivity contribution in [2.24, 2.45) is 4.99 Å². The minimum Gasteiger partial charge on any atom is -0.357 e. The van der Waals surface area contributed by atoms with Crippen LogP contribution in [0, 0.1) is 0 Å². The second-order valence-electron chi connectivity index (χ2n) is 10.1. The van der Waals surface area contributed by atoms with Crippen LogP contribution in [-0.4, -0.2) is 63.9 Å². The molecule has 0 atom stereocenters. The molecule has 7 nitrogen and oxygen atoms in total. The number of nitrogens with zero attached hydrogens (tertiary/aromatic N) is 5. The average Bonchev–Trinajstić information content (AvgIpc) is 3.07. The molecular formula is C25H46IN7. The maximum absolute atomic E-state index is 5.12. The summed E-state index contributed by atoms with van der Waals surface area (Å²) in [5, 5.41) is 16.0. The molecule has 8 heteroatoms. The van der Waals surface area contributed by atoms with Crippen molar-refractivity contribution in [2.45, 2.75) is 109 Å². The fourth-order valence-electron chi connectivity index (χ4n) is 5.90. The van der Waals surface area contributed by atoms with Gasteiger partial charge in [-0.3, -0.25) is 9.89 Å². The number of hydrogen-bond donors (Lipinski definition) is 2. The lowest BCUT2D eigenvalue weighted by atomic mass is 9.79. The van der Waals surface area contributed by atoms with Crippen LogP contribution in [0.25, 0.3) is 0 Å². The smallest absolute Gasteiger partial charge is 0.191 e. The summed E-state index contributed by atoms with van der Waals surface area (Å²) in [4.78, 5) is 7.91. The Hall–Kier alpha value is -0.900. The minimum atomic E-state index is 0. The maximum Gasteiger partial charge on any atom is 0.191 e. The fourth-order valence-corrected chi connectivity index (χ4v) is 5.90. The number of aliphatic imine (C=N–C) groups is 1. The zero-order valence-corrected chi connectivity index (χ0v) is 23.1. The molecule has 3 heterocycles. The summed E-state index contributed by atoms with van der Waals surface area (Å²) >= 11 is 0. The van der Waals surface area contributed by atoms with E-state index in [2.05, 4.69) is 37.2 Å². The van der Waals surface area contributed by atoms with E-state index in [1.165, 1.54) is 89.5 Å². The molecule has 2 aliphatic heterocycles. The summed E-state index contributed by atoms with van der Waals surface area (Å²) in [5.41, 5.74) is 0.292. The Morgan fingerprint density at radius 3 is 2.42 bits per heavy atom. The Balaban J connectivity index is 0.00000306. The number of aryl methyl sites for hydroxylation is 2. The number of guanidine groups is 1. The summed E-state index contributed by atoms with van der Waals surface area (Å²) in [6, 6.07) is 0. The van der Waals surface area contributed by atoms with Gasteiger partial charge in [0.25, 0.3) is 0 Å². The van der Waals surface area contributed by atoms with E-state index in [1.54, 1.807) is 0 Å². The van der Waals surface area contributed by atoms with Crippen LogP contribution in [0.1, 0.15) is 95.6 Å². The molecule has 0 spiro atoms. The van der Waals surface area contributed by atoms with Crippen LogP contribution in [0.2, 0.25) is 0 Å². The Morgan fingerprint density at radius 1 is 0.909 bits per heavy atom. The highest BCUT2D eigenvalue weighted by atomic mass is 127. The SMILES string of the molecule is CCNC(=NCC1(N2CCCCC2)CCCCC1)NCCCc1nnc2n1CCCCC2.I. The Morgan fingerprint density at radius 2 is 1.64 bits per heavy atom. The number of aromatic nitrogens is 3. The second-order valence-corrected chi connectivity index (χ2v) is 10.1. The second kappa shape index (κ2) is 13.9. The van der Waals surface area contributed by atoms with Crippen molar-refractivity contribution in [3.05, 3.63) is 11.6 Å². The molecule has 2 N–H and O–H groups in total. The third-order valence-electron chi connectivity index (χ3n) is 7.74. The monoisotopic (exact) mass is 571 g/mol. The molecule has 1 aliphatic carbocycles. The molecule has 188 valence electrons. The number of hydrogen-bond acceptors (Lipinski definition) is 4. The van der Waals surface area contributed by atoms with Gasteiger partial charge in [0.2, 0.25) is 0 Å². The maximum atomic E-state index is 5.12. The summed E-state index contributed by atoms with van der Waals surface area (Å²) in [5.74, 6) is 3.34. The zero-order chi connectivity index (χ0) is 22.1. The van der Waals surface area contributed by atoms with Crippen molar-refractivity contribution in [1.29, 1.82) is 0 Å². The van der Waals surface area contributed by atoms with E-state index in [4.69, 9.17) is 4.99 Å². The van der Waals surface area contributed by atoms with Crippen LogP contribution in [0.15, 0.2) is 4.99 Å². The fraction of sp³-hybridized carbons (Fsp3) is 0.880. The lowest BCUT2D eigenvalue weighted by Gasteiger charge is -2.47. The van der Waals surface area contributed by atoms with Crippen molar-refractivity contribution >= 4 is 29.9 Å². The van der Waals surface area contributed by atoms with Crippen LogP contribution in [0.4, 0.5) is 0 Å². The van der Waals surface area contributed by atoms with E-state index in [0.29, 0.717) is 5.54 Å². The molecule has 0 radical (unpaired) electrons. The average molecular weight is 572 g/mol. The summed E-state index contributed by atoms with van der Waals surface area (Å²) < 4.78 is 2.37. The molecule has 33 heavy (non-hydrogen) atoms. The van der Waals surface area contributed by atoms with Gasteiger partial charge in [-0.2, -0.15) is 0 Å². The van der Waals surface area contributed by atoms with E-state index in [9.17, 15) is 0 Å². The van der Waals surface area contributed by atoms with E-state index in [1.807, 2.05) is 0 Å². The van der Waals surface area contributed by atoms with Crippen LogP contribution in [0.5, 0.6) is 0 Å². The molecule has 1 aromatic heterocycles. The third kappa shape index (κ3) is 7.29. The predicted molar refractivity (Wildman–Crippen MR) is 147 cm³/mol. The van der Waals surface area contributed by atoms with Gasteiger partial charge in [-0.05, 0) is 65.0 Å². The quantitative estimate of drug-likeness (QED) is 0.211. The first-order chi connectivity index (χ1) is 15.8. The molecule has 0 amide bonds. The van der Waals surface area contributed by atoms with Gasteiger partial charge in [0.1, 0.15) is 11.6 Å². The topological polar surface area (TPSA) is 70.4 Å². The van der Waals surface area contributed by atoms with Gasteiger partial charge in [-0.15, -0.1) is 34.2 Å². The number of likely N-dealkylation sites (tertiary alicyclic amines) is 1. The minimum absolute atomic E-state index is 0. The summed E-state index contributed by atoms with van der Waals surface area (Å²) in [6.45, 7) is 8.53. The first kappa shape index (κ1) is 26.7. The summed E-state index contributed by atoms with van der Waals surface area (Å²) in [6.07, 6.45) is 17.8. The van der Waals surface area contributed by atoms with Gasteiger partial charge >= 0.3 is 0 Å². The lowest BCUT2D eigenvalue weighted by molar-refractivity contribution is 0.0407. The van der Waals surface area contributed by atoms with E-state index in [-0.39, 0.29) is 24.0 Å². The van der Waals surface area contributed by atoms with Gasteiger partial charge in [0, 0.05) is 38.0 Å². The van der Waals surface area contributed by atoms with E-state index < -0.39 is 0 Å². The van der Waals surface area contributed by atoms with E-state index in [0.717, 1.165) is 57.2 Å². The van der Waals surface area contributed by atoms with E-state index >= 15 is 0 Å². The molecule has 0 unspecified atom stereocenters. The first-order valence-electron chi connectivity index (χ1n) is 13.5. The molecule has 2 fully saturated rings. The Labute approximate surface area is 218 Å². The molecular weight excluding hydrogens is 525 g/mol. The van der Waals surface area contributed by atoms with Crippen molar-refractivity contribution in [2.75, 3.05) is 32.7 Å². The van der Waals surface area contributed by atoms with Crippen LogP contribution in [-0.2, 0) is 19.4 Å². The molecule has 0 bridgehead atoms. The van der Waals surface area contributed by atoms with Crippen molar-refractivity contribution in [1.82, 2.24) is 30.3 Å². The van der Waals surface area contributed by atoms with Gasteiger partial charge < -0.3 is 15.2 Å². The predicted octanol–water partition coefficient (Wildman–Crippen LogP) is 4.30. The first-order valence-corrected chi connectivity index (χ1v) is 13.5. The number of halogens is 1. The van der Waals surface area contributed by atoms with Crippen LogP contribution >= 0.6 is 24.0 Å². The highest BCUT2D eigenvalue weighted by Crippen LogP contribution is 2.35. The number of nitrogens with one attached hydrogen (secondary N) is 2. The van der Waals surface area contributed by atoms with Gasteiger partial charge in [0.15, 0.2) is 5.96 Å². The Kier molecular flexibility index (Phi) is 11.2. The van der Waals surface area contributed by atoms with Crippen LogP contribution in [0.3, 0.4) is 0 Å². The number of piperidine rings is 1. The normalized spacial score (nSPS) is 21.5. The largest absolute Gasteiger partial charge is 0.357 e. The summed E-state index contributed by atoms with van der Waals surface area (Å²) in [7, 11) is 0. The third-order valence-corrected chi connectivity index (χ3v) is 7.74. The molecule has 1 saturated carbocycles. The molecule has 3 aliphatic rings. The van der Waals surface area contributed by atoms with Crippen LogP contribution < -0.4 is 10.6 Å². The van der Waals surface area contributed by atoms with Crippen molar-refractivity contribution < 1.29 is 0 Å². The number of fused-ring (bicyclic) bond motifs is 1. The van der Waals surface area contributed by atoms with Gasteiger partial charge in [0.05, 0.1) is 6.54 Å². The lowest BCUT2D eigenvalue weighted by Crippen LogP contribution is -2.54. The molecule has 1 saturated heterocycles. The Bertz CT molecular complexity index is 720. The number of rotatable bonds is 8. The van der Waals surface area contributed by atoms with Gasteiger partial charge in [-0.1, -0.05) is 32.1 Å². The molecule has 4 rings (SSSR count). The van der Waals surface area contributed by atoms with Crippen molar-refractivity contribution in [3.63, 3.8) is 0 Å². The van der Waals surface area contributed by atoms with Gasteiger partial charge in [-0.25, -0.2) is 0 Å². The zero-order valence-electron chi connectivity index (χ0n) is 20.8. The standard InChI is InChI=1S/C25H45N7.HI/c1-2-26-24(27-17-12-14-23-30-29-22-13-6-3-11-20-32(22)23)28-21-25(15-7-4-8-16-25)31-18-9-5-10-19-31;/h2-21H2,1H3,(H2,26,27,28);1H. The molecule has 1 aromatic rings. The molecule has 0 aromatic carbocycles.